The molecule has 5 heteroatoms. The summed E-state index contributed by atoms with van der Waals surface area (Å²) in [6, 6.07) is 5.20. The smallest absolute Gasteiger partial charge is 0.152 e. The van der Waals surface area contributed by atoms with E-state index in [1.54, 1.807) is 6.07 Å². The highest BCUT2D eigenvalue weighted by Crippen LogP contribution is 2.20. The normalized spacial score (nSPS) is 13.9. The van der Waals surface area contributed by atoms with Crippen LogP contribution < -0.4 is 0 Å². The summed E-state index contributed by atoms with van der Waals surface area (Å²) in [5.41, 5.74) is 0.0107. The van der Waals surface area contributed by atoms with Gasteiger partial charge < -0.3 is 10.2 Å². The molecule has 2 N–H and O–H groups in total. The molecule has 1 rings (SSSR count). The van der Waals surface area contributed by atoms with Crippen LogP contribution in [0, 0.1) is 17.1 Å². The number of aldehydes is 1. The number of rotatable bonds is 4. The van der Waals surface area contributed by atoms with Gasteiger partial charge in [0.15, 0.2) is 6.29 Å². The summed E-state index contributed by atoms with van der Waals surface area (Å²) >= 11 is 0. The molecule has 0 amide bonds. The van der Waals surface area contributed by atoms with Crippen molar-refractivity contribution in [3.63, 3.8) is 0 Å². The van der Waals surface area contributed by atoms with Gasteiger partial charge in [0.1, 0.15) is 11.9 Å². The van der Waals surface area contributed by atoms with E-state index in [1.165, 1.54) is 12.1 Å². The predicted octanol–water partition coefficient (Wildman–Crippen LogP) is 0.946. The van der Waals surface area contributed by atoms with Crippen molar-refractivity contribution < 1.29 is 19.4 Å². The van der Waals surface area contributed by atoms with Crippen molar-refractivity contribution in [1.29, 1.82) is 5.26 Å². The van der Waals surface area contributed by atoms with E-state index in [0.717, 1.165) is 6.07 Å². The molecule has 0 aliphatic rings. The van der Waals surface area contributed by atoms with Gasteiger partial charge in [-0.25, -0.2) is 4.39 Å². The Morgan fingerprint density at radius 2 is 2.19 bits per heavy atom. The van der Waals surface area contributed by atoms with E-state index in [1.807, 2.05) is 0 Å². The lowest BCUT2D eigenvalue weighted by Crippen LogP contribution is -2.17. The summed E-state index contributed by atoms with van der Waals surface area (Å²) in [5.74, 6) is -0.768. The van der Waals surface area contributed by atoms with Crippen LogP contribution >= 0.6 is 0 Å². The van der Waals surface area contributed by atoms with Gasteiger partial charge in [-0.3, -0.25) is 4.79 Å². The lowest BCUT2D eigenvalue weighted by molar-refractivity contribution is 0.0214. The van der Waals surface area contributed by atoms with Gasteiger partial charge in [-0.15, -0.1) is 0 Å². The third kappa shape index (κ3) is 2.63. The number of hydrogen-bond acceptors (Lipinski definition) is 4. The van der Waals surface area contributed by atoms with Gasteiger partial charge in [0.2, 0.25) is 0 Å². The highest BCUT2D eigenvalue weighted by Gasteiger charge is 2.19. The zero-order chi connectivity index (χ0) is 12.1. The maximum atomic E-state index is 13.2. The van der Waals surface area contributed by atoms with Crippen molar-refractivity contribution in [2.75, 3.05) is 0 Å². The van der Waals surface area contributed by atoms with Crippen LogP contribution in [0.2, 0.25) is 0 Å². The van der Waals surface area contributed by atoms with E-state index < -0.39 is 18.0 Å². The number of aliphatic hydroxyl groups excluding tert-OH is 2. The Kier molecular flexibility index (Phi) is 4.11. The summed E-state index contributed by atoms with van der Waals surface area (Å²) in [6.07, 6.45) is -2.50. The number of nitrogens with zero attached hydrogens (tertiary/aromatic N) is 1. The first-order chi connectivity index (χ1) is 7.60. The highest BCUT2D eigenvalue weighted by atomic mass is 19.1. The van der Waals surface area contributed by atoms with Crippen LogP contribution in [-0.4, -0.2) is 22.6 Å². The van der Waals surface area contributed by atoms with E-state index in [0.29, 0.717) is 6.29 Å². The number of carbonyl (C=O) groups excluding carboxylic acids is 1. The predicted molar refractivity (Wildman–Crippen MR) is 53.0 cm³/mol. The first-order valence-corrected chi connectivity index (χ1v) is 4.58. The lowest BCUT2D eigenvalue weighted by atomic mass is 10.0. The molecule has 0 saturated carbocycles. The molecule has 0 aliphatic carbocycles. The highest BCUT2D eigenvalue weighted by molar-refractivity contribution is 5.75. The number of aliphatic hydroxyl groups is 2. The van der Waals surface area contributed by atoms with Gasteiger partial charge in [-0.05, 0) is 17.7 Å². The van der Waals surface area contributed by atoms with Gasteiger partial charge in [-0.2, -0.15) is 5.26 Å². The average Bonchev–Trinajstić information content (AvgIpc) is 2.28. The fourth-order valence-corrected chi connectivity index (χ4v) is 1.25. The van der Waals surface area contributed by atoms with Crippen LogP contribution in [0.1, 0.15) is 28.4 Å². The topological polar surface area (TPSA) is 81.3 Å². The molecule has 84 valence electrons. The molecule has 1 aromatic rings. The summed E-state index contributed by atoms with van der Waals surface area (Å²) in [6.45, 7) is 0. The van der Waals surface area contributed by atoms with Crippen molar-refractivity contribution in [2.45, 2.75) is 18.6 Å². The zero-order valence-corrected chi connectivity index (χ0v) is 8.30. The number of nitriles is 1. The van der Waals surface area contributed by atoms with E-state index >= 15 is 0 Å². The molecule has 0 heterocycles. The van der Waals surface area contributed by atoms with E-state index in [-0.39, 0.29) is 17.5 Å². The zero-order valence-electron chi connectivity index (χ0n) is 8.30. The van der Waals surface area contributed by atoms with Crippen LogP contribution in [-0.2, 0) is 0 Å². The second kappa shape index (κ2) is 5.35. The first-order valence-electron chi connectivity index (χ1n) is 4.58. The van der Waals surface area contributed by atoms with Crippen molar-refractivity contribution in [3.05, 3.63) is 35.1 Å². The number of carbonyl (C=O) groups is 1. The molecule has 0 spiro atoms. The number of benzene rings is 1. The second-order valence-corrected chi connectivity index (χ2v) is 3.27. The molecule has 4 nitrogen and oxygen atoms in total. The summed E-state index contributed by atoms with van der Waals surface area (Å²) in [4.78, 5) is 10.3. The largest absolute Gasteiger partial charge is 0.389 e. The Bertz CT molecular complexity index is 428. The summed E-state index contributed by atoms with van der Waals surface area (Å²) in [5, 5.41) is 27.2. The van der Waals surface area contributed by atoms with E-state index in [9.17, 15) is 19.4 Å². The van der Waals surface area contributed by atoms with Gasteiger partial charge in [-0.1, -0.05) is 6.07 Å². The van der Waals surface area contributed by atoms with Gasteiger partial charge in [0.25, 0.3) is 0 Å². The Morgan fingerprint density at radius 3 is 2.69 bits per heavy atom. The van der Waals surface area contributed by atoms with Crippen molar-refractivity contribution >= 4 is 6.29 Å². The molecule has 2 unspecified atom stereocenters. The Labute approximate surface area is 91.6 Å². The molecular formula is C11H10FNO3. The standard InChI is InChI=1S/C11H10FNO3/c12-9-5-7(1-2-8(9)6-14)11(16)10(15)3-4-13/h1-2,5-6,10-11,15-16H,3H2. The fourth-order valence-electron chi connectivity index (χ4n) is 1.25. The maximum absolute atomic E-state index is 13.2. The minimum atomic E-state index is -1.34. The van der Waals surface area contributed by atoms with Crippen molar-refractivity contribution in [3.8, 4) is 6.07 Å². The van der Waals surface area contributed by atoms with Gasteiger partial charge >= 0.3 is 0 Å². The summed E-state index contributed by atoms with van der Waals surface area (Å²) < 4.78 is 13.2. The number of halogens is 1. The molecule has 2 atom stereocenters. The monoisotopic (exact) mass is 223 g/mol. The molecule has 0 saturated heterocycles. The number of hydrogen-bond donors (Lipinski definition) is 2. The molecular weight excluding hydrogens is 213 g/mol. The molecule has 16 heavy (non-hydrogen) atoms. The van der Waals surface area contributed by atoms with E-state index in [4.69, 9.17) is 5.26 Å². The van der Waals surface area contributed by atoms with E-state index in [2.05, 4.69) is 0 Å². The van der Waals surface area contributed by atoms with Crippen LogP contribution in [0.15, 0.2) is 18.2 Å². The third-order valence-corrected chi connectivity index (χ3v) is 2.16. The van der Waals surface area contributed by atoms with Gasteiger partial charge in [0.05, 0.1) is 24.2 Å². The van der Waals surface area contributed by atoms with Crippen LogP contribution in [0.4, 0.5) is 4.39 Å². The lowest BCUT2D eigenvalue weighted by Gasteiger charge is -2.15. The van der Waals surface area contributed by atoms with Crippen molar-refractivity contribution in [1.82, 2.24) is 0 Å². The Balaban J connectivity index is 2.93. The van der Waals surface area contributed by atoms with Crippen LogP contribution in [0.3, 0.4) is 0 Å². The quantitative estimate of drug-likeness (QED) is 0.744. The maximum Gasteiger partial charge on any atom is 0.152 e. The molecule has 1 aromatic carbocycles. The SMILES string of the molecule is N#CCC(O)C(O)c1ccc(C=O)c(F)c1. The molecule has 0 fully saturated rings. The average molecular weight is 223 g/mol. The molecule has 0 aliphatic heterocycles. The molecule has 0 aromatic heterocycles. The minimum absolute atomic E-state index is 0.120. The Hall–Kier alpha value is -1.77. The molecule has 0 radical (unpaired) electrons. The third-order valence-electron chi connectivity index (χ3n) is 2.16. The first kappa shape index (κ1) is 12.3. The Morgan fingerprint density at radius 1 is 1.50 bits per heavy atom. The van der Waals surface area contributed by atoms with Crippen LogP contribution in [0.5, 0.6) is 0 Å². The van der Waals surface area contributed by atoms with Crippen LogP contribution in [0.25, 0.3) is 0 Å². The minimum Gasteiger partial charge on any atom is -0.389 e. The fraction of sp³-hybridized carbons (Fsp3) is 0.273. The van der Waals surface area contributed by atoms with Crippen molar-refractivity contribution in [2.24, 2.45) is 0 Å². The second-order valence-electron chi connectivity index (χ2n) is 3.27. The van der Waals surface area contributed by atoms with Gasteiger partial charge in [0, 0.05) is 0 Å². The summed E-state index contributed by atoms with van der Waals surface area (Å²) in [7, 11) is 0. The molecule has 0 bridgehead atoms.